The van der Waals surface area contributed by atoms with Crippen molar-refractivity contribution >= 4 is 28.6 Å². The monoisotopic (exact) mass is 262 g/mol. The maximum Gasteiger partial charge on any atom is 0.224 e. The second-order valence-electron chi connectivity index (χ2n) is 4.27. The number of hydrogen-bond donors (Lipinski definition) is 1. The molecule has 2 aromatic rings. The van der Waals surface area contributed by atoms with Crippen LogP contribution in [-0.4, -0.2) is 48.3 Å². The summed E-state index contributed by atoms with van der Waals surface area (Å²) in [5.41, 5.74) is 0.990. The predicted octanol–water partition coefficient (Wildman–Crippen LogP) is 2.33. The lowest BCUT2D eigenvalue weighted by atomic mass is 10.2. The van der Waals surface area contributed by atoms with Gasteiger partial charge in [0.15, 0.2) is 0 Å². The lowest BCUT2D eigenvalue weighted by Gasteiger charge is -2.10. The van der Waals surface area contributed by atoms with Gasteiger partial charge in [0.2, 0.25) is 5.95 Å². The van der Waals surface area contributed by atoms with Gasteiger partial charge in [0.1, 0.15) is 5.03 Å². The van der Waals surface area contributed by atoms with E-state index < -0.39 is 0 Å². The number of fused-ring (bicyclic) bond motifs is 1. The van der Waals surface area contributed by atoms with Gasteiger partial charge in [-0.05, 0) is 20.2 Å². The molecule has 4 nitrogen and oxygen atoms in total. The summed E-state index contributed by atoms with van der Waals surface area (Å²) in [6, 6.07) is 8.13. The van der Waals surface area contributed by atoms with Gasteiger partial charge in [0.25, 0.3) is 0 Å². The van der Waals surface area contributed by atoms with E-state index in [4.69, 9.17) is 0 Å². The van der Waals surface area contributed by atoms with Gasteiger partial charge in [-0.25, -0.2) is 9.97 Å². The fourth-order valence-corrected chi connectivity index (χ4v) is 2.72. The Kier molecular flexibility index (Phi) is 4.38. The van der Waals surface area contributed by atoms with Crippen LogP contribution in [0.15, 0.2) is 29.3 Å². The first-order valence-corrected chi connectivity index (χ1v) is 6.91. The van der Waals surface area contributed by atoms with E-state index in [0.717, 1.165) is 28.2 Å². The van der Waals surface area contributed by atoms with Gasteiger partial charge in [-0.1, -0.05) is 18.2 Å². The van der Waals surface area contributed by atoms with Crippen molar-refractivity contribution in [2.75, 3.05) is 38.8 Å². The number of anilines is 1. The van der Waals surface area contributed by atoms with Gasteiger partial charge in [0.05, 0.1) is 5.52 Å². The molecule has 0 spiro atoms. The summed E-state index contributed by atoms with van der Waals surface area (Å²) >= 11 is 1.77. The van der Waals surface area contributed by atoms with Crippen molar-refractivity contribution in [3.63, 3.8) is 0 Å². The highest BCUT2D eigenvalue weighted by atomic mass is 32.2. The minimum atomic E-state index is 0.682. The smallest absolute Gasteiger partial charge is 0.224 e. The molecule has 1 heterocycles. The van der Waals surface area contributed by atoms with Crippen LogP contribution in [0.2, 0.25) is 0 Å². The molecule has 1 N–H and O–H groups in total. The third-order valence-corrected chi connectivity index (χ3v) is 3.54. The Morgan fingerprint density at radius 1 is 1.22 bits per heavy atom. The van der Waals surface area contributed by atoms with Crippen molar-refractivity contribution in [2.24, 2.45) is 0 Å². The molecular formula is C13H18N4S. The van der Waals surface area contributed by atoms with Crippen LogP contribution < -0.4 is 5.32 Å². The Morgan fingerprint density at radius 2 is 2.00 bits per heavy atom. The first kappa shape index (κ1) is 13.1. The van der Waals surface area contributed by atoms with E-state index in [9.17, 15) is 0 Å². The summed E-state index contributed by atoms with van der Waals surface area (Å²) in [4.78, 5) is 11.2. The van der Waals surface area contributed by atoms with Crippen molar-refractivity contribution in [1.29, 1.82) is 0 Å². The summed E-state index contributed by atoms with van der Waals surface area (Å²) in [6.07, 6.45) is 0. The van der Waals surface area contributed by atoms with Crippen molar-refractivity contribution in [3.8, 4) is 0 Å². The molecular weight excluding hydrogens is 244 g/mol. The highest BCUT2D eigenvalue weighted by Gasteiger charge is 2.07. The van der Waals surface area contributed by atoms with Gasteiger partial charge in [-0.15, -0.1) is 11.8 Å². The molecule has 0 saturated carbocycles. The summed E-state index contributed by atoms with van der Waals surface area (Å²) in [6.45, 7) is 1.04. The highest BCUT2D eigenvalue weighted by Crippen LogP contribution is 2.26. The van der Waals surface area contributed by atoms with Crippen LogP contribution >= 0.6 is 11.8 Å². The van der Waals surface area contributed by atoms with Crippen molar-refractivity contribution in [1.82, 2.24) is 14.9 Å². The second-order valence-corrected chi connectivity index (χ2v) is 5.35. The molecule has 0 bridgehead atoms. The number of nitrogens with zero attached hydrogens (tertiary/aromatic N) is 3. The molecule has 1 aromatic carbocycles. The van der Waals surface area contributed by atoms with Crippen LogP contribution in [0.4, 0.5) is 5.95 Å². The fourth-order valence-electron chi connectivity index (χ4n) is 1.59. The largest absolute Gasteiger partial charge is 0.357 e. The molecule has 0 amide bonds. The number of nitrogens with one attached hydrogen (secondary N) is 1. The third-order valence-electron chi connectivity index (χ3n) is 2.57. The number of aromatic nitrogens is 2. The van der Waals surface area contributed by atoms with Crippen LogP contribution in [0.5, 0.6) is 0 Å². The van der Waals surface area contributed by atoms with Crippen LogP contribution in [0.3, 0.4) is 0 Å². The van der Waals surface area contributed by atoms with Gasteiger partial charge in [0, 0.05) is 24.7 Å². The minimum Gasteiger partial charge on any atom is -0.357 e. The molecule has 0 radical (unpaired) electrons. The molecule has 2 rings (SSSR count). The van der Waals surface area contributed by atoms with Crippen molar-refractivity contribution in [3.05, 3.63) is 24.3 Å². The molecule has 0 aliphatic heterocycles. The van der Waals surface area contributed by atoms with Crippen LogP contribution in [0, 0.1) is 0 Å². The second kappa shape index (κ2) is 6.02. The Labute approximate surface area is 112 Å². The van der Waals surface area contributed by atoms with E-state index in [-0.39, 0.29) is 0 Å². The topological polar surface area (TPSA) is 41.1 Å². The van der Waals surface area contributed by atoms with E-state index >= 15 is 0 Å². The number of thioether (sulfide) groups is 1. The van der Waals surface area contributed by atoms with Crippen molar-refractivity contribution in [2.45, 2.75) is 5.03 Å². The van der Waals surface area contributed by atoms with Gasteiger partial charge in [-0.2, -0.15) is 0 Å². The summed E-state index contributed by atoms with van der Waals surface area (Å²) in [5.74, 6) is 1.71. The molecule has 0 fully saturated rings. The van der Waals surface area contributed by atoms with E-state index in [1.165, 1.54) is 0 Å². The lowest BCUT2D eigenvalue weighted by Crippen LogP contribution is -2.14. The Hall–Kier alpha value is -1.33. The molecule has 0 atom stereocenters. The van der Waals surface area contributed by atoms with E-state index in [1.54, 1.807) is 11.8 Å². The van der Waals surface area contributed by atoms with Gasteiger partial charge < -0.3 is 10.2 Å². The highest BCUT2D eigenvalue weighted by molar-refractivity contribution is 7.99. The van der Waals surface area contributed by atoms with Crippen LogP contribution in [-0.2, 0) is 0 Å². The summed E-state index contributed by atoms with van der Waals surface area (Å²) < 4.78 is 0. The Balaban J connectivity index is 2.29. The zero-order valence-electron chi connectivity index (χ0n) is 11.0. The number of benzene rings is 1. The zero-order valence-corrected chi connectivity index (χ0v) is 11.8. The van der Waals surface area contributed by atoms with E-state index in [0.29, 0.717) is 5.95 Å². The lowest BCUT2D eigenvalue weighted by molar-refractivity contribution is 0.437. The minimum absolute atomic E-state index is 0.682. The zero-order chi connectivity index (χ0) is 13.0. The maximum atomic E-state index is 4.54. The molecule has 0 aliphatic rings. The predicted molar refractivity (Wildman–Crippen MR) is 78.4 cm³/mol. The molecule has 5 heteroatoms. The maximum absolute atomic E-state index is 4.54. The molecule has 1 aromatic heterocycles. The van der Waals surface area contributed by atoms with Crippen LogP contribution in [0.1, 0.15) is 0 Å². The van der Waals surface area contributed by atoms with Gasteiger partial charge in [-0.3, -0.25) is 0 Å². The van der Waals surface area contributed by atoms with Crippen molar-refractivity contribution < 1.29 is 0 Å². The normalized spacial score (nSPS) is 11.1. The standard InChI is InChI=1S/C13H18N4S/c1-14-13-15-11-7-5-4-6-10(11)12(16-13)18-9-8-17(2)3/h4-7H,8-9H2,1-3H3,(H,14,15,16). The quantitative estimate of drug-likeness (QED) is 0.661. The fraction of sp³-hybridized carbons (Fsp3) is 0.385. The average Bonchev–Trinajstić information content (AvgIpc) is 2.38. The van der Waals surface area contributed by atoms with E-state index in [1.807, 2.05) is 25.2 Å². The van der Waals surface area contributed by atoms with Gasteiger partial charge >= 0.3 is 0 Å². The van der Waals surface area contributed by atoms with Crippen LogP contribution in [0.25, 0.3) is 10.9 Å². The third kappa shape index (κ3) is 3.11. The first-order chi connectivity index (χ1) is 8.70. The molecule has 18 heavy (non-hydrogen) atoms. The summed E-state index contributed by atoms with van der Waals surface area (Å²) in [7, 11) is 6.01. The first-order valence-electron chi connectivity index (χ1n) is 5.93. The number of rotatable bonds is 5. The number of hydrogen-bond acceptors (Lipinski definition) is 5. The average molecular weight is 262 g/mol. The number of para-hydroxylation sites is 1. The Morgan fingerprint density at radius 3 is 2.72 bits per heavy atom. The SMILES string of the molecule is CNc1nc(SCCN(C)C)c2ccccc2n1. The Bertz CT molecular complexity index is 527. The van der Waals surface area contributed by atoms with E-state index in [2.05, 4.69) is 40.3 Å². The molecule has 0 saturated heterocycles. The summed E-state index contributed by atoms with van der Waals surface area (Å²) in [5, 5.41) is 5.19. The molecule has 96 valence electrons. The molecule has 0 aliphatic carbocycles. The molecule has 0 unspecified atom stereocenters.